The number of hydrogen-bond acceptors (Lipinski definition) is 6. The monoisotopic (exact) mass is 519 g/mol. The number of aromatic nitrogens is 1. The van der Waals surface area contributed by atoms with Crippen LogP contribution in [-0.4, -0.2) is 24.2 Å². The lowest BCUT2D eigenvalue weighted by molar-refractivity contribution is -0.137. The fourth-order valence-corrected chi connectivity index (χ4v) is 4.37. The summed E-state index contributed by atoms with van der Waals surface area (Å²) in [5, 5.41) is 0.776. The Bertz CT molecular complexity index is 1200. The van der Waals surface area contributed by atoms with E-state index in [-0.39, 0.29) is 5.97 Å². The molecule has 0 fully saturated rings. The molecule has 0 spiro atoms. The van der Waals surface area contributed by atoms with E-state index in [1.54, 1.807) is 0 Å². The van der Waals surface area contributed by atoms with Crippen LogP contribution in [0.15, 0.2) is 64.3 Å². The highest BCUT2D eigenvalue weighted by Gasteiger charge is 2.10. The zero-order chi connectivity index (χ0) is 27.0. The maximum Gasteiger partial charge on any atom is 0.345 e. The first-order valence-corrected chi connectivity index (χ1v) is 14.1. The van der Waals surface area contributed by atoms with E-state index in [0.717, 1.165) is 55.9 Å². The average Bonchev–Trinajstić information content (AvgIpc) is 2.93. The van der Waals surface area contributed by atoms with Gasteiger partial charge in [0.25, 0.3) is 0 Å². The van der Waals surface area contributed by atoms with E-state index in [9.17, 15) is 9.59 Å². The second-order valence-corrected chi connectivity index (χ2v) is 9.69. The predicted octanol–water partition coefficient (Wildman–Crippen LogP) is 7.82. The molecule has 0 N–H and O–H groups in total. The molecule has 0 amide bonds. The minimum absolute atomic E-state index is 0.298. The summed E-state index contributed by atoms with van der Waals surface area (Å²) in [4.78, 5) is 28.0. The van der Waals surface area contributed by atoms with Crippen molar-refractivity contribution < 1.29 is 18.7 Å². The third kappa shape index (κ3) is 9.81. The number of pyridine rings is 1. The highest BCUT2D eigenvalue weighted by molar-refractivity contribution is 5.81. The summed E-state index contributed by atoms with van der Waals surface area (Å²) in [5.74, 6) is 0.126. The van der Waals surface area contributed by atoms with Gasteiger partial charge < -0.3 is 13.9 Å². The first-order valence-electron chi connectivity index (χ1n) is 14.1. The summed E-state index contributed by atoms with van der Waals surface area (Å²) in [6, 6.07) is 13.7. The van der Waals surface area contributed by atoms with Gasteiger partial charge in [0.15, 0.2) is 0 Å². The number of carbonyl (C=O) groups excluding carboxylic acids is 1. The van der Waals surface area contributed by atoms with Crippen LogP contribution in [0, 0.1) is 0 Å². The average molecular weight is 520 g/mol. The van der Waals surface area contributed by atoms with Gasteiger partial charge in [-0.15, -0.1) is 0 Å². The number of unbranched alkanes of at least 4 members (excludes halogenated alkanes) is 9. The Balaban J connectivity index is 1.37. The van der Waals surface area contributed by atoms with Crippen molar-refractivity contribution in [2.45, 2.75) is 84.0 Å². The Hall–Kier alpha value is -3.41. The van der Waals surface area contributed by atoms with E-state index in [4.69, 9.17) is 13.9 Å². The minimum atomic E-state index is -0.390. The van der Waals surface area contributed by atoms with Gasteiger partial charge >= 0.3 is 11.6 Å². The molecule has 204 valence electrons. The van der Waals surface area contributed by atoms with Gasteiger partial charge in [-0.3, -0.25) is 0 Å². The summed E-state index contributed by atoms with van der Waals surface area (Å²) in [6.07, 6.45) is 14.6. The molecule has 0 aliphatic rings. The van der Waals surface area contributed by atoms with Crippen LogP contribution in [-0.2, 0) is 16.0 Å². The number of ether oxygens (including phenoxy) is 2. The minimum Gasteiger partial charge on any atom is -0.478 e. The molecule has 3 aromatic rings. The van der Waals surface area contributed by atoms with Crippen molar-refractivity contribution in [3.05, 3.63) is 71.1 Å². The van der Waals surface area contributed by atoms with Crippen molar-refractivity contribution in [2.75, 3.05) is 13.2 Å². The quantitative estimate of drug-likeness (QED) is 0.0968. The Morgan fingerprint density at radius 2 is 1.58 bits per heavy atom. The van der Waals surface area contributed by atoms with E-state index in [0.29, 0.717) is 30.4 Å². The fraction of sp³-hybridized carbons (Fsp3) is 0.469. The lowest BCUT2D eigenvalue weighted by Crippen LogP contribution is -2.04. The number of benzene rings is 1. The molecule has 38 heavy (non-hydrogen) atoms. The van der Waals surface area contributed by atoms with Gasteiger partial charge in [0.1, 0.15) is 0 Å². The summed E-state index contributed by atoms with van der Waals surface area (Å²) >= 11 is 0. The van der Waals surface area contributed by atoms with Crippen molar-refractivity contribution in [2.24, 2.45) is 0 Å². The number of fused-ring (bicyclic) bond motifs is 1. The van der Waals surface area contributed by atoms with Gasteiger partial charge in [0.05, 0.1) is 18.8 Å². The third-order valence-electron chi connectivity index (χ3n) is 6.61. The summed E-state index contributed by atoms with van der Waals surface area (Å²) in [6.45, 7) is 6.64. The van der Waals surface area contributed by atoms with Crippen LogP contribution in [0.5, 0.6) is 5.88 Å². The largest absolute Gasteiger partial charge is 0.478 e. The zero-order valence-corrected chi connectivity index (χ0v) is 22.7. The molecule has 0 atom stereocenters. The topological polar surface area (TPSA) is 78.6 Å². The van der Waals surface area contributed by atoms with Crippen molar-refractivity contribution >= 4 is 17.1 Å². The SMILES string of the molecule is C=CC(=O)OCCCCCCCCCCOc1ccc2cc(-c3ccc(CCCCC)cc3)c(=O)oc2n1. The molecule has 0 aliphatic carbocycles. The maximum atomic E-state index is 12.7. The Morgan fingerprint density at radius 3 is 2.26 bits per heavy atom. The first kappa shape index (κ1) is 29.2. The normalized spacial score (nSPS) is 11.0. The molecule has 2 aromatic heterocycles. The van der Waals surface area contributed by atoms with E-state index in [1.165, 1.54) is 43.7 Å². The number of aryl methyl sites for hydroxylation is 1. The third-order valence-corrected chi connectivity index (χ3v) is 6.61. The Labute approximate surface area is 226 Å². The standard InChI is InChI=1S/C32H41NO5/c1-3-5-12-15-25-16-18-26(19-17-25)28-24-27-20-21-29(33-31(27)38-32(28)35)36-22-13-10-8-6-7-9-11-14-23-37-30(34)4-2/h4,16-21,24H,2-3,5-15,22-23H2,1H3. The van der Waals surface area contributed by atoms with Crippen LogP contribution >= 0.6 is 0 Å². The molecule has 0 saturated carbocycles. The fourth-order valence-electron chi connectivity index (χ4n) is 4.37. The van der Waals surface area contributed by atoms with Crippen molar-refractivity contribution in [1.29, 1.82) is 0 Å². The Kier molecular flexibility index (Phi) is 12.6. The van der Waals surface area contributed by atoms with Gasteiger partial charge in [0.2, 0.25) is 11.6 Å². The predicted molar refractivity (Wildman–Crippen MR) is 153 cm³/mol. The number of esters is 1. The van der Waals surface area contributed by atoms with Gasteiger partial charge in [-0.05, 0) is 48.9 Å². The van der Waals surface area contributed by atoms with Crippen LogP contribution < -0.4 is 10.4 Å². The van der Waals surface area contributed by atoms with Crippen LogP contribution in [0.3, 0.4) is 0 Å². The van der Waals surface area contributed by atoms with E-state index in [2.05, 4.69) is 30.6 Å². The second-order valence-electron chi connectivity index (χ2n) is 9.69. The van der Waals surface area contributed by atoms with Crippen LogP contribution in [0.2, 0.25) is 0 Å². The number of nitrogens with zero attached hydrogens (tertiary/aromatic N) is 1. The van der Waals surface area contributed by atoms with Gasteiger partial charge in [-0.2, -0.15) is 4.98 Å². The van der Waals surface area contributed by atoms with Crippen molar-refractivity contribution in [1.82, 2.24) is 4.98 Å². The van der Waals surface area contributed by atoms with Crippen LogP contribution in [0.4, 0.5) is 0 Å². The van der Waals surface area contributed by atoms with Crippen molar-refractivity contribution in [3.63, 3.8) is 0 Å². The molecule has 1 aromatic carbocycles. The second kappa shape index (κ2) is 16.4. The molecule has 6 heteroatoms. The lowest BCUT2D eigenvalue weighted by atomic mass is 10.0. The lowest BCUT2D eigenvalue weighted by Gasteiger charge is -2.07. The molecule has 3 rings (SSSR count). The van der Waals surface area contributed by atoms with Crippen LogP contribution in [0.25, 0.3) is 22.2 Å². The van der Waals surface area contributed by atoms with E-state index < -0.39 is 5.63 Å². The summed E-state index contributed by atoms with van der Waals surface area (Å²) in [7, 11) is 0. The van der Waals surface area contributed by atoms with E-state index in [1.807, 2.05) is 30.3 Å². The molecule has 0 saturated heterocycles. The number of rotatable bonds is 18. The summed E-state index contributed by atoms with van der Waals surface area (Å²) in [5.41, 5.74) is 2.60. The number of hydrogen-bond donors (Lipinski definition) is 0. The van der Waals surface area contributed by atoms with Gasteiger partial charge in [-0.1, -0.05) is 89.1 Å². The molecule has 0 unspecified atom stereocenters. The summed E-state index contributed by atoms with van der Waals surface area (Å²) < 4.78 is 16.3. The van der Waals surface area contributed by atoms with E-state index >= 15 is 0 Å². The smallest absolute Gasteiger partial charge is 0.345 e. The van der Waals surface area contributed by atoms with Gasteiger partial charge in [0, 0.05) is 17.5 Å². The van der Waals surface area contributed by atoms with Gasteiger partial charge in [-0.25, -0.2) is 9.59 Å². The first-order chi connectivity index (χ1) is 18.6. The highest BCUT2D eigenvalue weighted by atomic mass is 16.5. The highest BCUT2D eigenvalue weighted by Crippen LogP contribution is 2.23. The Morgan fingerprint density at radius 1 is 0.895 bits per heavy atom. The molecule has 0 bridgehead atoms. The molecule has 0 aliphatic heterocycles. The molecule has 2 heterocycles. The maximum absolute atomic E-state index is 12.7. The number of carbonyl (C=O) groups is 1. The molecular weight excluding hydrogens is 478 g/mol. The zero-order valence-electron chi connectivity index (χ0n) is 22.7. The molecular formula is C32H41NO5. The molecule has 0 radical (unpaired) electrons. The van der Waals surface area contributed by atoms with Crippen LogP contribution in [0.1, 0.15) is 83.1 Å². The molecule has 6 nitrogen and oxygen atoms in total. The van der Waals surface area contributed by atoms with Crippen molar-refractivity contribution in [3.8, 4) is 17.0 Å².